The molecule has 2 aromatic rings. The molecule has 36 heavy (non-hydrogen) atoms. The van der Waals surface area contributed by atoms with Crippen molar-refractivity contribution in [1.82, 2.24) is 20.1 Å². The quantitative estimate of drug-likeness (QED) is 0.560. The Bertz CT molecular complexity index is 1160. The molecular formula is C26H32N4O5S. The Morgan fingerprint density at radius 3 is 2.58 bits per heavy atom. The van der Waals surface area contributed by atoms with E-state index in [0.717, 1.165) is 21.7 Å². The number of benzene rings is 1. The summed E-state index contributed by atoms with van der Waals surface area (Å²) in [5.74, 6) is -0.658. The fourth-order valence-corrected chi connectivity index (χ4v) is 5.60. The topological polar surface area (TPSA) is 112 Å². The monoisotopic (exact) mass is 512 g/mol. The zero-order valence-corrected chi connectivity index (χ0v) is 21.7. The highest BCUT2D eigenvalue weighted by Crippen LogP contribution is 2.28. The first-order chi connectivity index (χ1) is 17.2. The molecule has 2 N–H and O–H groups in total. The van der Waals surface area contributed by atoms with Crippen LogP contribution in [0.25, 0.3) is 10.4 Å². The Kier molecular flexibility index (Phi) is 7.75. The van der Waals surface area contributed by atoms with Crippen molar-refractivity contribution in [2.24, 2.45) is 5.92 Å². The van der Waals surface area contributed by atoms with E-state index >= 15 is 0 Å². The highest BCUT2D eigenvalue weighted by Gasteiger charge is 2.45. The van der Waals surface area contributed by atoms with Gasteiger partial charge in [0.15, 0.2) is 0 Å². The normalized spacial score (nSPS) is 20.6. The van der Waals surface area contributed by atoms with Gasteiger partial charge in [-0.2, -0.15) is 0 Å². The van der Waals surface area contributed by atoms with Crippen molar-refractivity contribution in [2.45, 2.75) is 51.9 Å². The van der Waals surface area contributed by atoms with Crippen LogP contribution in [0.1, 0.15) is 31.5 Å². The average Bonchev–Trinajstić information content (AvgIpc) is 3.56. The molecule has 9 nitrogen and oxygen atoms in total. The number of thiazole rings is 1. The Morgan fingerprint density at radius 1 is 1.28 bits per heavy atom. The van der Waals surface area contributed by atoms with Crippen molar-refractivity contribution in [3.8, 4) is 10.4 Å². The number of nitrogens with one attached hydrogen (secondary N) is 1. The van der Waals surface area contributed by atoms with Crippen LogP contribution in [0.5, 0.6) is 0 Å². The molecule has 3 heterocycles. The number of aliphatic hydroxyl groups excluding tert-OH is 1. The van der Waals surface area contributed by atoms with Crippen molar-refractivity contribution in [2.75, 3.05) is 20.2 Å². The molecule has 0 bridgehead atoms. The van der Waals surface area contributed by atoms with Crippen molar-refractivity contribution >= 4 is 29.1 Å². The molecule has 0 aliphatic carbocycles. The Balaban J connectivity index is 1.42. The van der Waals surface area contributed by atoms with E-state index in [1.54, 1.807) is 11.3 Å². The summed E-state index contributed by atoms with van der Waals surface area (Å²) in [5, 5.41) is 13.2. The minimum atomic E-state index is -0.805. The van der Waals surface area contributed by atoms with Crippen LogP contribution in [0.4, 0.5) is 0 Å². The van der Waals surface area contributed by atoms with Crippen LogP contribution in [0.3, 0.4) is 0 Å². The first-order valence-electron chi connectivity index (χ1n) is 12.0. The minimum absolute atomic E-state index is 0.0512. The molecular weight excluding hydrogens is 480 g/mol. The maximum absolute atomic E-state index is 13.6. The molecule has 10 heteroatoms. The summed E-state index contributed by atoms with van der Waals surface area (Å²) in [4.78, 5) is 47.5. The predicted octanol–water partition coefficient (Wildman–Crippen LogP) is 2.09. The van der Waals surface area contributed by atoms with Crippen LogP contribution in [0.15, 0.2) is 41.6 Å². The van der Waals surface area contributed by atoms with Crippen LogP contribution >= 0.6 is 11.3 Å². The molecule has 0 spiro atoms. The van der Waals surface area contributed by atoms with Gasteiger partial charge in [-0.1, -0.05) is 38.1 Å². The average molecular weight is 513 g/mol. The Labute approximate surface area is 214 Å². The van der Waals surface area contributed by atoms with E-state index in [1.807, 2.05) is 50.5 Å². The lowest BCUT2D eigenvalue weighted by molar-refractivity contribution is -0.147. The van der Waals surface area contributed by atoms with Gasteiger partial charge in [-0.15, -0.1) is 11.3 Å². The standard InChI is InChI=1S/C26H32N4O5S/c1-15(2)23(30-13-20(35-4)10-22(30)32)26(34)29-12-19(31)9-21(29)25(33)27-11-17-5-7-18(8-6-17)24-16(3)28-14-36-24/h5-8,10,14-15,19,21,23,31H,9,11-13H2,1-4H3,(H,27,33)/t19-,21+,23?/m1/s1. The zero-order valence-electron chi connectivity index (χ0n) is 20.9. The second-order valence-corrected chi connectivity index (χ2v) is 10.4. The summed E-state index contributed by atoms with van der Waals surface area (Å²) in [7, 11) is 1.49. The van der Waals surface area contributed by atoms with Crippen LogP contribution in [0, 0.1) is 12.8 Å². The van der Waals surface area contributed by atoms with E-state index in [9.17, 15) is 19.5 Å². The Hall–Kier alpha value is -3.24. The number of nitrogens with zero attached hydrogens (tertiary/aromatic N) is 3. The molecule has 4 rings (SSSR count). The van der Waals surface area contributed by atoms with Gasteiger partial charge in [0.2, 0.25) is 11.8 Å². The number of ether oxygens (including phenoxy) is 1. The molecule has 1 aromatic heterocycles. The molecule has 2 aliphatic rings. The third-order valence-corrected chi connectivity index (χ3v) is 7.65. The molecule has 1 aromatic carbocycles. The number of carbonyl (C=O) groups is 3. The van der Waals surface area contributed by atoms with Gasteiger partial charge < -0.3 is 25.0 Å². The Morgan fingerprint density at radius 2 is 2.00 bits per heavy atom. The molecule has 192 valence electrons. The first-order valence-corrected chi connectivity index (χ1v) is 12.9. The van der Waals surface area contributed by atoms with Crippen molar-refractivity contribution in [3.05, 3.63) is 52.9 Å². The summed E-state index contributed by atoms with van der Waals surface area (Å²) < 4.78 is 5.20. The lowest BCUT2D eigenvalue weighted by atomic mass is 10.0. The summed E-state index contributed by atoms with van der Waals surface area (Å²) in [5.41, 5.74) is 4.79. The van der Waals surface area contributed by atoms with Crippen molar-refractivity contribution in [3.63, 3.8) is 0 Å². The van der Waals surface area contributed by atoms with E-state index < -0.39 is 18.2 Å². The summed E-state index contributed by atoms with van der Waals surface area (Å²) >= 11 is 1.58. The van der Waals surface area contributed by atoms with E-state index in [-0.39, 0.29) is 43.1 Å². The maximum atomic E-state index is 13.6. The molecule has 3 amide bonds. The van der Waals surface area contributed by atoms with Gasteiger partial charge in [0.05, 0.1) is 35.8 Å². The second kappa shape index (κ2) is 10.8. The van der Waals surface area contributed by atoms with Crippen LogP contribution < -0.4 is 5.32 Å². The number of amides is 3. The highest BCUT2D eigenvalue weighted by atomic mass is 32.1. The lowest BCUT2D eigenvalue weighted by Crippen LogP contribution is -2.55. The van der Waals surface area contributed by atoms with Gasteiger partial charge in [-0.25, -0.2) is 4.98 Å². The van der Waals surface area contributed by atoms with Gasteiger partial charge in [-0.05, 0) is 24.0 Å². The molecule has 0 saturated carbocycles. The first kappa shape index (κ1) is 25.8. The maximum Gasteiger partial charge on any atom is 0.251 e. The molecule has 1 unspecified atom stereocenters. The van der Waals surface area contributed by atoms with Gasteiger partial charge >= 0.3 is 0 Å². The third-order valence-electron chi connectivity index (χ3n) is 6.67. The van der Waals surface area contributed by atoms with Crippen molar-refractivity contribution < 1.29 is 24.2 Å². The molecule has 1 saturated heterocycles. The number of aryl methyl sites for hydroxylation is 1. The number of carbonyl (C=O) groups excluding carboxylic acids is 3. The number of likely N-dealkylation sites (tertiary alicyclic amines) is 1. The van der Waals surface area contributed by atoms with E-state index in [2.05, 4.69) is 10.3 Å². The van der Waals surface area contributed by atoms with Crippen LogP contribution in [-0.4, -0.2) is 76.0 Å². The SMILES string of the molecule is COC1=CC(=O)N(C(C(=O)N2C[C@H](O)C[C@H]2C(=O)NCc2ccc(-c3scnc3C)cc2)C(C)C)C1. The third kappa shape index (κ3) is 5.29. The van der Waals surface area contributed by atoms with Gasteiger partial charge in [-0.3, -0.25) is 14.4 Å². The predicted molar refractivity (Wildman–Crippen MR) is 136 cm³/mol. The number of aliphatic hydroxyl groups is 1. The molecule has 1 fully saturated rings. The number of hydrogen-bond acceptors (Lipinski definition) is 7. The van der Waals surface area contributed by atoms with E-state index in [0.29, 0.717) is 12.3 Å². The van der Waals surface area contributed by atoms with Crippen LogP contribution in [0.2, 0.25) is 0 Å². The lowest BCUT2D eigenvalue weighted by Gasteiger charge is -2.35. The van der Waals surface area contributed by atoms with Gasteiger partial charge in [0.1, 0.15) is 17.8 Å². The second-order valence-electron chi connectivity index (χ2n) is 9.55. The number of rotatable bonds is 8. The van der Waals surface area contributed by atoms with Gasteiger partial charge in [0.25, 0.3) is 5.91 Å². The van der Waals surface area contributed by atoms with Crippen molar-refractivity contribution in [1.29, 1.82) is 0 Å². The zero-order chi connectivity index (χ0) is 26.0. The minimum Gasteiger partial charge on any atom is -0.499 e. The van der Waals surface area contributed by atoms with E-state index in [1.165, 1.54) is 23.0 Å². The summed E-state index contributed by atoms with van der Waals surface area (Å²) in [6, 6.07) is 6.34. The largest absolute Gasteiger partial charge is 0.499 e. The number of β-amino-alcohol motifs (C(OH)–C–C–N with tert-alkyl or cyclic N) is 1. The molecule has 2 aliphatic heterocycles. The summed E-state index contributed by atoms with van der Waals surface area (Å²) in [6.07, 6.45) is 0.732. The van der Waals surface area contributed by atoms with E-state index in [4.69, 9.17) is 4.74 Å². The molecule has 0 radical (unpaired) electrons. The number of methoxy groups -OCH3 is 1. The van der Waals surface area contributed by atoms with Gasteiger partial charge in [0, 0.05) is 25.6 Å². The summed E-state index contributed by atoms with van der Waals surface area (Å²) in [6.45, 7) is 6.25. The molecule has 3 atom stereocenters. The van der Waals surface area contributed by atoms with Crippen LogP contribution in [-0.2, 0) is 25.7 Å². The number of aromatic nitrogens is 1. The smallest absolute Gasteiger partial charge is 0.251 e. The fourth-order valence-electron chi connectivity index (χ4n) is 4.79. The fraction of sp³-hybridized carbons (Fsp3) is 0.462. The number of hydrogen-bond donors (Lipinski definition) is 2. The highest BCUT2D eigenvalue weighted by molar-refractivity contribution is 7.13.